The molecule has 34 heavy (non-hydrogen) atoms. The van der Waals surface area contributed by atoms with Crippen LogP contribution in [0.4, 0.5) is 5.69 Å². The molecule has 1 spiro atoms. The lowest BCUT2D eigenvalue weighted by Gasteiger charge is -2.37. The molecule has 3 unspecified atom stereocenters. The number of rotatable bonds is 9. The van der Waals surface area contributed by atoms with Crippen LogP contribution in [0.25, 0.3) is 0 Å². The number of carbonyl (C=O) groups excluding carboxylic acids is 3. The Morgan fingerprint density at radius 1 is 1.41 bits per heavy atom. The molecule has 4 rings (SSSR count). The third kappa shape index (κ3) is 4.08. The van der Waals surface area contributed by atoms with Gasteiger partial charge < -0.3 is 19.6 Å². The van der Waals surface area contributed by atoms with Crippen molar-refractivity contribution in [1.29, 1.82) is 0 Å². The second kappa shape index (κ2) is 10.2. The Morgan fingerprint density at radius 3 is 2.74 bits per heavy atom. The molecule has 0 saturated carbocycles. The lowest BCUT2D eigenvalue weighted by Crippen LogP contribution is -2.55. The van der Waals surface area contributed by atoms with Gasteiger partial charge in [-0.05, 0) is 44.0 Å². The number of thioether (sulfide) groups is 1. The van der Waals surface area contributed by atoms with Gasteiger partial charge >= 0.3 is 5.97 Å². The van der Waals surface area contributed by atoms with E-state index in [0.29, 0.717) is 23.6 Å². The van der Waals surface area contributed by atoms with Crippen LogP contribution in [-0.2, 0) is 19.1 Å². The number of halogens is 2. The van der Waals surface area contributed by atoms with Crippen molar-refractivity contribution in [3.63, 3.8) is 0 Å². The molecule has 3 heterocycles. The summed E-state index contributed by atoms with van der Waals surface area (Å²) in [5.41, 5.74) is 0.651. The molecule has 3 fully saturated rings. The maximum atomic E-state index is 14.2. The van der Waals surface area contributed by atoms with Gasteiger partial charge in [0.25, 0.3) is 5.91 Å². The van der Waals surface area contributed by atoms with Crippen molar-refractivity contribution in [2.45, 2.75) is 40.6 Å². The smallest absolute Gasteiger partial charge is 0.310 e. The van der Waals surface area contributed by atoms with Crippen LogP contribution < -0.4 is 4.90 Å². The van der Waals surface area contributed by atoms with E-state index in [1.165, 1.54) is 0 Å². The number of esters is 1. The van der Waals surface area contributed by atoms with Gasteiger partial charge in [-0.15, -0.1) is 18.3 Å². The van der Waals surface area contributed by atoms with Crippen LogP contribution >= 0.6 is 39.3 Å². The summed E-state index contributed by atoms with van der Waals surface area (Å²) < 4.78 is 4.60. The van der Waals surface area contributed by atoms with Gasteiger partial charge in [0.1, 0.15) is 6.04 Å². The molecular formula is C24H28BrClN2O5S. The average Bonchev–Trinajstić information content (AvgIpc) is 3.40. The average molecular weight is 572 g/mol. The van der Waals surface area contributed by atoms with E-state index in [4.69, 9.17) is 16.3 Å². The minimum absolute atomic E-state index is 0.0209. The molecule has 3 aliphatic rings. The maximum absolute atomic E-state index is 14.2. The number of nitrogens with zero attached hydrogens (tertiary/aromatic N) is 2. The summed E-state index contributed by atoms with van der Waals surface area (Å²) in [4.78, 5) is 44.1. The van der Waals surface area contributed by atoms with Crippen LogP contribution in [0.5, 0.6) is 0 Å². The molecule has 0 aliphatic carbocycles. The predicted molar refractivity (Wildman–Crippen MR) is 136 cm³/mol. The maximum Gasteiger partial charge on any atom is 0.310 e. The number of likely N-dealkylation sites (tertiary alicyclic amines) is 1. The minimum atomic E-state index is -0.776. The monoisotopic (exact) mass is 570 g/mol. The van der Waals surface area contributed by atoms with Gasteiger partial charge in [-0.1, -0.05) is 33.6 Å². The van der Waals surface area contributed by atoms with E-state index in [-0.39, 0.29) is 54.2 Å². The van der Waals surface area contributed by atoms with E-state index >= 15 is 0 Å². The van der Waals surface area contributed by atoms with Crippen molar-refractivity contribution in [3.8, 4) is 0 Å². The number of fused-ring (bicyclic) bond motifs is 1. The van der Waals surface area contributed by atoms with E-state index in [2.05, 4.69) is 22.5 Å². The fourth-order valence-electron chi connectivity index (χ4n) is 5.62. The summed E-state index contributed by atoms with van der Waals surface area (Å²) in [5.74, 6) is -2.09. The van der Waals surface area contributed by atoms with Gasteiger partial charge in [0.15, 0.2) is 0 Å². The van der Waals surface area contributed by atoms with Crippen molar-refractivity contribution in [2.24, 2.45) is 11.8 Å². The molecule has 0 aromatic heterocycles. The second-order valence-corrected chi connectivity index (χ2v) is 11.9. The van der Waals surface area contributed by atoms with Crippen molar-refractivity contribution >= 4 is 62.8 Å². The zero-order chi connectivity index (χ0) is 24.6. The normalized spacial score (nSPS) is 31.5. The van der Waals surface area contributed by atoms with Crippen molar-refractivity contribution in [1.82, 2.24) is 4.90 Å². The molecule has 3 saturated heterocycles. The SMILES string of the molecule is C=CCN(C(=O)C1N(CCCO)C(=O)[C@@H]2[C@H](C(=O)OCC)[C@H]3SC12CC3Br)c1ccc(Cl)cc1. The topological polar surface area (TPSA) is 87.2 Å². The second-order valence-electron chi connectivity index (χ2n) is 8.74. The first-order valence-corrected chi connectivity index (χ1v) is 13.6. The Balaban J connectivity index is 1.78. The van der Waals surface area contributed by atoms with Crippen LogP contribution in [0.2, 0.25) is 5.02 Å². The minimum Gasteiger partial charge on any atom is -0.466 e. The number of alkyl halides is 1. The van der Waals surface area contributed by atoms with Crippen LogP contribution in [-0.4, -0.2) is 75.0 Å². The third-order valence-corrected chi connectivity index (χ3v) is 10.3. The Kier molecular flexibility index (Phi) is 7.67. The van der Waals surface area contributed by atoms with E-state index in [9.17, 15) is 19.5 Å². The van der Waals surface area contributed by atoms with Crippen LogP contribution in [0, 0.1) is 11.8 Å². The number of benzene rings is 1. The van der Waals surface area contributed by atoms with Gasteiger partial charge in [-0.25, -0.2) is 0 Å². The Bertz CT molecular complexity index is 979. The van der Waals surface area contributed by atoms with Gasteiger partial charge in [0, 0.05) is 40.5 Å². The fraction of sp³-hybridized carbons (Fsp3) is 0.542. The van der Waals surface area contributed by atoms with Crippen LogP contribution in [0.15, 0.2) is 36.9 Å². The fourth-order valence-corrected chi connectivity index (χ4v) is 9.34. The zero-order valence-corrected chi connectivity index (χ0v) is 22.0. The summed E-state index contributed by atoms with van der Waals surface area (Å²) in [6.45, 7) is 6.17. The van der Waals surface area contributed by atoms with E-state index in [0.717, 1.165) is 0 Å². The summed E-state index contributed by atoms with van der Waals surface area (Å²) in [6, 6.07) is 6.18. The largest absolute Gasteiger partial charge is 0.466 e. The standard InChI is InChI=1S/C24H28BrClN2O5S/c1-3-10-27(15-8-6-14(26)7-9-15)22(31)20-24-13-16(25)19(34-24)17(23(32)33-4-2)18(24)21(30)28(20)11-5-12-29/h3,6-9,16-20,29H,1,4-5,10-13H2,2H3/t16?,17-,18-,19-,20?,24?/m0/s1. The molecule has 2 bridgehead atoms. The number of aliphatic hydroxyl groups is 1. The molecule has 1 aromatic rings. The number of anilines is 1. The number of aliphatic hydroxyl groups excluding tert-OH is 1. The number of hydrogen-bond acceptors (Lipinski definition) is 6. The predicted octanol–water partition coefficient (Wildman–Crippen LogP) is 3.27. The zero-order valence-electron chi connectivity index (χ0n) is 18.9. The quantitative estimate of drug-likeness (QED) is 0.278. The highest BCUT2D eigenvalue weighted by Gasteiger charge is 2.76. The molecule has 184 valence electrons. The first kappa shape index (κ1) is 25.5. The van der Waals surface area contributed by atoms with Gasteiger partial charge in [-0.2, -0.15) is 0 Å². The number of hydrogen-bond donors (Lipinski definition) is 1. The number of ether oxygens (including phenoxy) is 1. The molecular weight excluding hydrogens is 544 g/mol. The Labute approximate surface area is 216 Å². The van der Waals surface area contributed by atoms with Gasteiger partial charge in [0.05, 0.1) is 23.2 Å². The number of carbonyl (C=O) groups is 3. The highest BCUT2D eigenvalue weighted by atomic mass is 79.9. The van der Waals surface area contributed by atoms with Crippen molar-refractivity contribution in [3.05, 3.63) is 41.9 Å². The first-order chi connectivity index (χ1) is 16.3. The lowest BCUT2D eigenvalue weighted by molar-refractivity contribution is -0.153. The van der Waals surface area contributed by atoms with E-state index in [1.54, 1.807) is 58.8 Å². The molecule has 2 amide bonds. The Hall–Kier alpha value is -1.55. The molecule has 1 aromatic carbocycles. The summed E-state index contributed by atoms with van der Waals surface area (Å²) in [5, 5.41) is 9.88. The third-order valence-electron chi connectivity index (χ3n) is 6.85. The first-order valence-electron chi connectivity index (χ1n) is 11.4. The van der Waals surface area contributed by atoms with E-state index < -0.39 is 22.6 Å². The molecule has 10 heteroatoms. The molecule has 7 nitrogen and oxygen atoms in total. The molecule has 6 atom stereocenters. The van der Waals surface area contributed by atoms with E-state index in [1.807, 2.05) is 0 Å². The highest BCUT2D eigenvalue weighted by molar-refractivity contribution is 9.09. The summed E-state index contributed by atoms with van der Waals surface area (Å²) in [6.07, 6.45) is 2.57. The van der Waals surface area contributed by atoms with Gasteiger partial charge in [0.2, 0.25) is 5.91 Å². The molecule has 1 N–H and O–H groups in total. The van der Waals surface area contributed by atoms with Crippen LogP contribution in [0.3, 0.4) is 0 Å². The summed E-state index contributed by atoms with van der Waals surface area (Å²) >= 11 is 11.3. The lowest BCUT2D eigenvalue weighted by atomic mass is 9.71. The molecule has 3 aliphatic heterocycles. The van der Waals surface area contributed by atoms with Crippen molar-refractivity contribution in [2.75, 3.05) is 31.2 Å². The van der Waals surface area contributed by atoms with Crippen molar-refractivity contribution < 1.29 is 24.2 Å². The molecule has 0 radical (unpaired) electrons. The van der Waals surface area contributed by atoms with Gasteiger partial charge in [-0.3, -0.25) is 14.4 Å². The Morgan fingerprint density at radius 2 is 2.12 bits per heavy atom. The van der Waals surface area contributed by atoms with Crippen LogP contribution in [0.1, 0.15) is 19.8 Å². The summed E-state index contributed by atoms with van der Waals surface area (Å²) in [7, 11) is 0. The highest BCUT2D eigenvalue weighted by Crippen LogP contribution is 2.68. The number of amides is 2.